The minimum absolute atomic E-state index is 0.268. The smallest absolute Gasteiger partial charge is 0.0697 e. The Balaban J connectivity index is 1.60. The van der Waals surface area contributed by atoms with Gasteiger partial charge in [0.15, 0.2) is 0 Å². The van der Waals surface area contributed by atoms with Gasteiger partial charge in [-0.2, -0.15) is 0 Å². The molecule has 1 saturated carbocycles. The fourth-order valence-electron chi connectivity index (χ4n) is 4.70. The number of ether oxygens (including phenoxy) is 1. The molecule has 20 heavy (non-hydrogen) atoms. The Morgan fingerprint density at radius 3 is 2.75 bits per heavy atom. The van der Waals surface area contributed by atoms with E-state index in [-0.39, 0.29) is 5.60 Å². The van der Waals surface area contributed by atoms with Gasteiger partial charge in [0, 0.05) is 25.2 Å². The lowest BCUT2D eigenvalue weighted by Gasteiger charge is -2.46. The molecule has 3 unspecified atom stereocenters. The van der Waals surface area contributed by atoms with Crippen LogP contribution in [0.2, 0.25) is 0 Å². The topological polar surface area (TPSA) is 24.5 Å². The second-order valence-corrected chi connectivity index (χ2v) is 7.36. The lowest BCUT2D eigenvalue weighted by atomic mass is 9.85. The number of nitrogens with one attached hydrogen (secondary N) is 1. The van der Waals surface area contributed by atoms with E-state index in [0.29, 0.717) is 6.04 Å². The first-order valence-electron chi connectivity index (χ1n) is 8.78. The maximum Gasteiger partial charge on any atom is 0.0697 e. The van der Waals surface area contributed by atoms with Gasteiger partial charge in [-0.1, -0.05) is 12.8 Å². The lowest BCUT2D eigenvalue weighted by molar-refractivity contribution is -0.106. The third-order valence-corrected chi connectivity index (χ3v) is 6.15. The summed E-state index contributed by atoms with van der Waals surface area (Å²) >= 11 is 0. The van der Waals surface area contributed by atoms with E-state index in [0.717, 1.165) is 18.6 Å². The summed E-state index contributed by atoms with van der Waals surface area (Å²) in [5.74, 6) is 0.830. The van der Waals surface area contributed by atoms with Crippen LogP contribution in [0.25, 0.3) is 0 Å². The molecule has 0 aromatic heterocycles. The van der Waals surface area contributed by atoms with Crippen LogP contribution in [0, 0.1) is 5.92 Å². The Bertz CT molecular complexity index is 314. The van der Waals surface area contributed by atoms with Gasteiger partial charge in [-0.05, 0) is 65.0 Å². The van der Waals surface area contributed by atoms with Gasteiger partial charge in [-0.15, -0.1) is 0 Å². The molecule has 116 valence electrons. The van der Waals surface area contributed by atoms with Gasteiger partial charge in [0.1, 0.15) is 0 Å². The highest BCUT2D eigenvalue weighted by Crippen LogP contribution is 2.41. The van der Waals surface area contributed by atoms with Crippen LogP contribution in [0.4, 0.5) is 0 Å². The van der Waals surface area contributed by atoms with Crippen molar-refractivity contribution in [1.82, 2.24) is 10.2 Å². The minimum atomic E-state index is 0.268. The van der Waals surface area contributed by atoms with E-state index in [1.807, 2.05) is 0 Å². The van der Waals surface area contributed by atoms with Gasteiger partial charge in [-0.3, -0.25) is 4.90 Å². The average Bonchev–Trinajstić information content (AvgIpc) is 2.94. The van der Waals surface area contributed by atoms with Crippen LogP contribution in [0.1, 0.15) is 58.3 Å². The van der Waals surface area contributed by atoms with Gasteiger partial charge in [-0.25, -0.2) is 0 Å². The molecular weight excluding hydrogens is 248 g/mol. The van der Waals surface area contributed by atoms with Crippen LogP contribution in [-0.2, 0) is 4.74 Å². The second-order valence-electron chi connectivity index (χ2n) is 7.36. The highest BCUT2D eigenvalue weighted by atomic mass is 16.5. The molecule has 1 spiro atoms. The summed E-state index contributed by atoms with van der Waals surface area (Å²) < 4.78 is 6.20. The summed E-state index contributed by atoms with van der Waals surface area (Å²) in [5.41, 5.74) is 0.268. The molecule has 0 radical (unpaired) electrons. The maximum atomic E-state index is 6.20. The van der Waals surface area contributed by atoms with Gasteiger partial charge >= 0.3 is 0 Å². The Labute approximate surface area is 124 Å². The van der Waals surface area contributed by atoms with Crippen LogP contribution in [0.15, 0.2) is 0 Å². The predicted octanol–water partition coefficient (Wildman–Crippen LogP) is 2.80. The molecule has 3 aliphatic rings. The summed E-state index contributed by atoms with van der Waals surface area (Å²) in [6, 6.07) is 1.44. The van der Waals surface area contributed by atoms with Crippen LogP contribution in [0.3, 0.4) is 0 Å². The fraction of sp³-hybridized carbons (Fsp3) is 1.00. The first-order chi connectivity index (χ1) is 9.72. The van der Waals surface area contributed by atoms with Crippen LogP contribution < -0.4 is 5.32 Å². The number of rotatable bonds is 3. The molecule has 3 nitrogen and oxygen atoms in total. The van der Waals surface area contributed by atoms with Crippen LogP contribution in [-0.4, -0.2) is 49.3 Å². The number of hydrogen-bond donors (Lipinski definition) is 1. The van der Waals surface area contributed by atoms with Crippen LogP contribution in [0.5, 0.6) is 0 Å². The molecule has 3 atom stereocenters. The van der Waals surface area contributed by atoms with Crippen molar-refractivity contribution in [3.05, 3.63) is 0 Å². The molecule has 2 aliphatic heterocycles. The number of likely N-dealkylation sites (tertiary alicyclic amines) is 1. The Hall–Kier alpha value is -0.120. The molecule has 1 N–H and O–H groups in total. The van der Waals surface area contributed by atoms with E-state index in [1.54, 1.807) is 0 Å². The molecule has 0 aromatic carbocycles. The van der Waals surface area contributed by atoms with Crippen molar-refractivity contribution in [2.45, 2.75) is 76.0 Å². The number of hydrogen-bond acceptors (Lipinski definition) is 3. The second kappa shape index (κ2) is 6.33. The summed E-state index contributed by atoms with van der Waals surface area (Å²) in [7, 11) is 2.10. The summed E-state index contributed by atoms with van der Waals surface area (Å²) in [4.78, 5) is 2.80. The molecule has 0 bridgehead atoms. The zero-order chi connectivity index (χ0) is 14.0. The molecule has 2 heterocycles. The average molecular weight is 280 g/mol. The van der Waals surface area contributed by atoms with Crippen molar-refractivity contribution in [3.63, 3.8) is 0 Å². The van der Waals surface area contributed by atoms with Crippen molar-refractivity contribution in [2.24, 2.45) is 5.92 Å². The molecule has 3 heteroatoms. The first kappa shape index (κ1) is 14.8. The standard InChI is InChI=1S/C17H32N2O/c1-14(18-2)15-6-5-10-19(13-15)16-7-11-20-17(12-16)8-3-4-9-17/h14-16,18H,3-13H2,1-2H3. The Morgan fingerprint density at radius 1 is 1.20 bits per heavy atom. The van der Waals surface area contributed by atoms with E-state index in [9.17, 15) is 0 Å². The Kier molecular flexibility index (Phi) is 4.68. The number of piperidine rings is 1. The third kappa shape index (κ3) is 3.05. The van der Waals surface area contributed by atoms with E-state index < -0.39 is 0 Å². The van der Waals surface area contributed by atoms with Gasteiger partial charge < -0.3 is 10.1 Å². The molecule has 1 aliphatic carbocycles. The molecular formula is C17H32N2O. The summed E-state index contributed by atoms with van der Waals surface area (Å²) in [6.45, 7) is 5.94. The summed E-state index contributed by atoms with van der Waals surface area (Å²) in [5, 5.41) is 3.46. The highest BCUT2D eigenvalue weighted by molar-refractivity contribution is 4.95. The third-order valence-electron chi connectivity index (χ3n) is 6.15. The summed E-state index contributed by atoms with van der Waals surface area (Å²) in [6.07, 6.45) is 10.7. The van der Waals surface area contributed by atoms with E-state index >= 15 is 0 Å². The minimum Gasteiger partial charge on any atom is -0.375 e. The van der Waals surface area contributed by atoms with Gasteiger partial charge in [0.2, 0.25) is 0 Å². The van der Waals surface area contributed by atoms with Crippen molar-refractivity contribution >= 4 is 0 Å². The Morgan fingerprint density at radius 2 is 2.00 bits per heavy atom. The molecule has 2 saturated heterocycles. The normalized spacial score (nSPS) is 36.3. The highest BCUT2D eigenvalue weighted by Gasteiger charge is 2.42. The zero-order valence-corrected chi connectivity index (χ0v) is 13.4. The van der Waals surface area contributed by atoms with E-state index in [2.05, 4.69) is 24.2 Å². The SMILES string of the molecule is CNC(C)C1CCCN(C2CCOC3(CCCC3)C2)C1. The molecule has 3 rings (SSSR count). The zero-order valence-electron chi connectivity index (χ0n) is 13.4. The van der Waals surface area contributed by atoms with Gasteiger partial charge in [0.05, 0.1) is 5.60 Å². The monoisotopic (exact) mass is 280 g/mol. The largest absolute Gasteiger partial charge is 0.375 e. The van der Waals surface area contributed by atoms with Gasteiger partial charge in [0.25, 0.3) is 0 Å². The van der Waals surface area contributed by atoms with Crippen molar-refractivity contribution in [3.8, 4) is 0 Å². The molecule has 0 aromatic rings. The molecule has 0 amide bonds. The maximum absolute atomic E-state index is 6.20. The van der Waals surface area contributed by atoms with Crippen molar-refractivity contribution < 1.29 is 4.74 Å². The number of nitrogens with zero attached hydrogens (tertiary/aromatic N) is 1. The first-order valence-corrected chi connectivity index (χ1v) is 8.78. The fourth-order valence-corrected chi connectivity index (χ4v) is 4.70. The van der Waals surface area contributed by atoms with Crippen molar-refractivity contribution in [1.29, 1.82) is 0 Å². The molecule has 3 fully saturated rings. The van der Waals surface area contributed by atoms with Crippen molar-refractivity contribution in [2.75, 3.05) is 26.7 Å². The van der Waals surface area contributed by atoms with Crippen LogP contribution >= 0.6 is 0 Å². The lowest BCUT2D eigenvalue weighted by Crippen LogP contribution is -2.52. The quantitative estimate of drug-likeness (QED) is 0.860. The van der Waals surface area contributed by atoms with E-state index in [4.69, 9.17) is 4.74 Å². The van der Waals surface area contributed by atoms with E-state index in [1.165, 1.54) is 64.5 Å². The predicted molar refractivity (Wildman–Crippen MR) is 83.0 cm³/mol.